The second-order valence-electron chi connectivity index (χ2n) is 8.11. The number of hydrogen-bond donors (Lipinski definition) is 0. The molecule has 7 heteroatoms. The van der Waals surface area contributed by atoms with Crippen molar-refractivity contribution in [3.8, 4) is 0 Å². The van der Waals surface area contributed by atoms with E-state index in [1.807, 2.05) is 4.90 Å². The molecule has 1 aliphatic carbocycles. The van der Waals surface area contributed by atoms with Gasteiger partial charge in [-0.2, -0.15) is 0 Å². The van der Waals surface area contributed by atoms with Crippen molar-refractivity contribution < 1.29 is 14.1 Å². The van der Waals surface area contributed by atoms with Gasteiger partial charge < -0.3 is 14.3 Å². The van der Waals surface area contributed by atoms with Crippen molar-refractivity contribution >= 4 is 23.4 Å². The Morgan fingerprint density at radius 1 is 1.31 bits per heavy atom. The van der Waals surface area contributed by atoms with Crippen molar-refractivity contribution in [2.24, 2.45) is 11.3 Å². The molecule has 3 heterocycles. The topological polar surface area (TPSA) is 66.7 Å². The Balaban J connectivity index is 1.33. The number of aryl methyl sites for hydroxylation is 1. The minimum absolute atomic E-state index is 0.0818. The second-order valence-corrected chi connectivity index (χ2v) is 8.50. The first-order chi connectivity index (χ1) is 12.6. The van der Waals surface area contributed by atoms with Gasteiger partial charge in [0, 0.05) is 45.1 Å². The first kappa shape index (κ1) is 17.8. The monoisotopic (exact) mass is 379 g/mol. The fourth-order valence-corrected chi connectivity index (χ4v) is 4.73. The van der Waals surface area contributed by atoms with Crippen LogP contribution >= 0.6 is 11.6 Å². The van der Waals surface area contributed by atoms with E-state index in [9.17, 15) is 9.59 Å². The first-order valence-corrected chi connectivity index (χ1v) is 10.1. The average Bonchev–Trinajstić information content (AvgIpc) is 3.20. The Hall–Kier alpha value is -1.56. The summed E-state index contributed by atoms with van der Waals surface area (Å²) in [4.78, 5) is 29.6. The van der Waals surface area contributed by atoms with Crippen LogP contribution < -0.4 is 0 Å². The summed E-state index contributed by atoms with van der Waals surface area (Å²) in [6.07, 6.45) is 7.43. The summed E-state index contributed by atoms with van der Waals surface area (Å²) in [6.45, 7) is 3.06. The van der Waals surface area contributed by atoms with Crippen LogP contribution in [0.3, 0.4) is 0 Å². The third kappa shape index (κ3) is 3.48. The van der Waals surface area contributed by atoms with Gasteiger partial charge in [-0.05, 0) is 38.0 Å². The van der Waals surface area contributed by atoms with Crippen LogP contribution in [0.4, 0.5) is 0 Å². The quantitative estimate of drug-likeness (QED) is 0.788. The minimum Gasteiger partial charge on any atom is -0.360 e. The van der Waals surface area contributed by atoms with Gasteiger partial charge in [-0.25, -0.2) is 0 Å². The van der Waals surface area contributed by atoms with E-state index in [-0.39, 0.29) is 17.2 Å². The molecule has 1 aromatic heterocycles. The van der Waals surface area contributed by atoms with Gasteiger partial charge in [0.05, 0.1) is 5.41 Å². The van der Waals surface area contributed by atoms with Crippen LogP contribution in [-0.2, 0) is 16.0 Å². The summed E-state index contributed by atoms with van der Waals surface area (Å²) < 4.78 is 5.06. The number of likely N-dealkylation sites (tertiary alicyclic amines) is 2. The molecule has 3 aliphatic rings. The molecule has 2 saturated heterocycles. The zero-order chi connectivity index (χ0) is 18.1. The number of aromatic nitrogens is 1. The molecule has 1 atom stereocenters. The van der Waals surface area contributed by atoms with Crippen LogP contribution in [0.5, 0.6) is 0 Å². The zero-order valence-electron chi connectivity index (χ0n) is 15.1. The first-order valence-electron chi connectivity index (χ1n) is 9.74. The summed E-state index contributed by atoms with van der Waals surface area (Å²) in [5.41, 5.74) is -0.340. The predicted octanol–water partition coefficient (Wildman–Crippen LogP) is 2.90. The molecular weight excluding hydrogens is 354 g/mol. The van der Waals surface area contributed by atoms with E-state index in [0.29, 0.717) is 42.8 Å². The van der Waals surface area contributed by atoms with Gasteiger partial charge >= 0.3 is 0 Å². The van der Waals surface area contributed by atoms with Crippen molar-refractivity contribution in [2.75, 3.05) is 26.2 Å². The van der Waals surface area contributed by atoms with Crippen LogP contribution in [0.2, 0.25) is 5.15 Å². The Bertz CT molecular complexity index is 687. The maximum Gasteiger partial charge on any atom is 0.230 e. The number of rotatable bonds is 5. The fourth-order valence-electron chi connectivity index (χ4n) is 4.57. The molecule has 1 aromatic rings. The SMILES string of the molecule is O=C(CCc1cc(Cl)no1)N1CC[C@]2(CCCN(CC3CCC3)C2=O)C1. The molecule has 2 amide bonds. The number of carbonyl (C=O) groups is 2. The molecule has 0 bridgehead atoms. The number of nitrogens with zero attached hydrogens (tertiary/aromatic N) is 3. The van der Waals surface area contributed by atoms with E-state index in [1.165, 1.54) is 19.3 Å². The van der Waals surface area contributed by atoms with Crippen molar-refractivity contribution in [2.45, 2.75) is 51.4 Å². The summed E-state index contributed by atoms with van der Waals surface area (Å²) in [5, 5.41) is 3.94. The lowest BCUT2D eigenvalue weighted by Crippen LogP contribution is -2.52. The summed E-state index contributed by atoms with van der Waals surface area (Å²) in [7, 11) is 0. The van der Waals surface area contributed by atoms with Crippen molar-refractivity contribution in [3.05, 3.63) is 17.0 Å². The molecule has 6 nitrogen and oxygen atoms in total. The molecule has 0 N–H and O–H groups in total. The Morgan fingerprint density at radius 3 is 2.85 bits per heavy atom. The maximum absolute atomic E-state index is 13.1. The van der Waals surface area contributed by atoms with Gasteiger partial charge in [0.15, 0.2) is 5.15 Å². The highest BCUT2D eigenvalue weighted by atomic mass is 35.5. The van der Waals surface area contributed by atoms with E-state index in [4.69, 9.17) is 16.1 Å². The van der Waals surface area contributed by atoms with Crippen molar-refractivity contribution in [3.63, 3.8) is 0 Å². The van der Waals surface area contributed by atoms with Crippen LogP contribution in [0, 0.1) is 11.3 Å². The summed E-state index contributed by atoms with van der Waals surface area (Å²) in [5.74, 6) is 1.69. The molecule has 3 fully saturated rings. The normalized spacial score (nSPS) is 26.6. The Morgan fingerprint density at radius 2 is 2.15 bits per heavy atom. The second kappa shape index (κ2) is 7.22. The molecule has 4 rings (SSSR count). The lowest BCUT2D eigenvalue weighted by molar-refractivity contribution is -0.147. The minimum atomic E-state index is -0.340. The van der Waals surface area contributed by atoms with Gasteiger partial charge in [-0.15, -0.1) is 0 Å². The lowest BCUT2D eigenvalue weighted by Gasteiger charge is -2.42. The van der Waals surface area contributed by atoms with E-state index < -0.39 is 0 Å². The molecule has 142 valence electrons. The number of piperidine rings is 1. The molecular formula is C19H26ClN3O3. The molecule has 1 spiro atoms. The van der Waals surface area contributed by atoms with Gasteiger partial charge in [0.25, 0.3) is 0 Å². The smallest absolute Gasteiger partial charge is 0.230 e. The predicted molar refractivity (Wildman–Crippen MR) is 96.6 cm³/mol. The third-order valence-electron chi connectivity index (χ3n) is 6.35. The van der Waals surface area contributed by atoms with Gasteiger partial charge in [0.1, 0.15) is 5.76 Å². The molecule has 1 saturated carbocycles. The highest BCUT2D eigenvalue weighted by molar-refractivity contribution is 6.29. The van der Waals surface area contributed by atoms with Crippen LogP contribution in [0.15, 0.2) is 10.6 Å². The van der Waals surface area contributed by atoms with Gasteiger partial charge in [-0.3, -0.25) is 9.59 Å². The zero-order valence-corrected chi connectivity index (χ0v) is 15.8. The van der Waals surface area contributed by atoms with Crippen LogP contribution in [0.25, 0.3) is 0 Å². The molecule has 26 heavy (non-hydrogen) atoms. The molecule has 0 unspecified atom stereocenters. The van der Waals surface area contributed by atoms with Crippen LogP contribution in [-0.4, -0.2) is 52.9 Å². The standard InChI is InChI=1S/C19H26ClN3O3/c20-16-11-15(26-21-16)5-6-17(24)23-10-8-19(13-23)7-2-9-22(18(19)25)12-14-3-1-4-14/h11,14H,1-10,12-13H2/t19-/m1/s1. The Labute approximate surface area is 158 Å². The van der Waals surface area contributed by atoms with Crippen LogP contribution in [0.1, 0.15) is 50.7 Å². The number of carbonyl (C=O) groups excluding carboxylic acids is 2. The van der Waals surface area contributed by atoms with E-state index in [1.54, 1.807) is 6.07 Å². The van der Waals surface area contributed by atoms with E-state index in [2.05, 4.69) is 10.1 Å². The van der Waals surface area contributed by atoms with E-state index >= 15 is 0 Å². The molecule has 0 aromatic carbocycles. The highest BCUT2D eigenvalue weighted by Crippen LogP contribution is 2.41. The highest BCUT2D eigenvalue weighted by Gasteiger charge is 2.49. The lowest BCUT2D eigenvalue weighted by atomic mass is 9.77. The maximum atomic E-state index is 13.1. The number of halogens is 1. The molecule has 2 aliphatic heterocycles. The van der Waals surface area contributed by atoms with E-state index in [0.717, 1.165) is 32.4 Å². The summed E-state index contributed by atoms with van der Waals surface area (Å²) in [6, 6.07) is 1.64. The third-order valence-corrected chi connectivity index (χ3v) is 6.53. The Kier molecular flexibility index (Phi) is 4.95. The summed E-state index contributed by atoms with van der Waals surface area (Å²) >= 11 is 5.74. The number of hydrogen-bond acceptors (Lipinski definition) is 4. The number of amides is 2. The van der Waals surface area contributed by atoms with Crippen molar-refractivity contribution in [1.82, 2.24) is 15.0 Å². The van der Waals surface area contributed by atoms with Crippen molar-refractivity contribution in [1.29, 1.82) is 0 Å². The average molecular weight is 380 g/mol. The fraction of sp³-hybridized carbons (Fsp3) is 0.737. The van der Waals surface area contributed by atoms with Gasteiger partial charge in [0.2, 0.25) is 11.8 Å². The molecule has 0 radical (unpaired) electrons. The van der Waals surface area contributed by atoms with Gasteiger partial charge in [-0.1, -0.05) is 23.2 Å². The largest absolute Gasteiger partial charge is 0.360 e.